The molecule has 4 amide bonds. The van der Waals surface area contributed by atoms with Gasteiger partial charge in [0.15, 0.2) is 0 Å². The summed E-state index contributed by atoms with van der Waals surface area (Å²) in [5.41, 5.74) is -0.0999. The normalized spacial score (nSPS) is 10.8. The van der Waals surface area contributed by atoms with Gasteiger partial charge < -0.3 is 20.4 Å². The van der Waals surface area contributed by atoms with Crippen molar-refractivity contribution in [2.45, 2.75) is 26.7 Å². The second kappa shape index (κ2) is 7.86. The Balaban J connectivity index is 4.49. The predicted molar refractivity (Wildman–Crippen MR) is 77.2 cm³/mol. The summed E-state index contributed by atoms with van der Waals surface area (Å²) in [7, 11) is 6.84. The molecule has 0 aliphatic carbocycles. The molecule has 0 aromatic heterocycles. The van der Waals surface area contributed by atoms with E-state index in [1.54, 1.807) is 28.2 Å². The molecule has 0 unspecified atom stereocenters. The number of rotatable bonds is 6. The van der Waals surface area contributed by atoms with Gasteiger partial charge in [-0.3, -0.25) is 0 Å². The molecule has 6 nitrogen and oxygen atoms in total. The highest BCUT2D eigenvalue weighted by Gasteiger charge is 2.27. The fourth-order valence-corrected chi connectivity index (χ4v) is 1.65. The lowest BCUT2D eigenvalue weighted by molar-refractivity contribution is 0.189. The second-order valence-corrected chi connectivity index (χ2v) is 5.31. The molecule has 0 rings (SSSR count). The summed E-state index contributed by atoms with van der Waals surface area (Å²) in [5.74, 6) is 0. The topological polar surface area (TPSA) is 64.7 Å². The first-order valence-corrected chi connectivity index (χ1v) is 6.68. The molecule has 0 aromatic rings. The van der Waals surface area contributed by atoms with Crippen LogP contribution in [0.5, 0.6) is 0 Å². The van der Waals surface area contributed by atoms with Crippen LogP contribution in [0, 0.1) is 5.41 Å². The van der Waals surface area contributed by atoms with Gasteiger partial charge in [-0.15, -0.1) is 0 Å². The first-order valence-electron chi connectivity index (χ1n) is 6.68. The molecule has 0 aromatic carbocycles. The number of hydrogen-bond donors (Lipinski definition) is 2. The lowest BCUT2D eigenvalue weighted by Gasteiger charge is -2.33. The van der Waals surface area contributed by atoms with E-state index in [0.717, 1.165) is 12.8 Å². The third-order valence-electron chi connectivity index (χ3n) is 3.54. The van der Waals surface area contributed by atoms with Crippen LogP contribution in [0.3, 0.4) is 0 Å². The SMILES string of the molecule is CCC(CC)(CNC(=O)N(C)C)CNC(=O)N(C)C. The number of nitrogens with zero attached hydrogens (tertiary/aromatic N) is 2. The Morgan fingerprint density at radius 3 is 1.37 bits per heavy atom. The summed E-state index contributed by atoms with van der Waals surface area (Å²) in [4.78, 5) is 26.2. The van der Waals surface area contributed by atoms with E-state index in [1.807, 2.05) is 0 Å². The van der Waals surface area contributed by atoms with Crippen LogP contribution in [0.1, 0.15) is 26.7 Å². The molecule has 6 heteroatoms. The lowest BCUT2D eigenvalue weighted by Crippen LogP contribution is -2.48. The number of carbonyl (C=O) groups excluding carboxylic acids is 2. The van der Waals surface area contributed by atoms with Crippen LogP contribution in [0.25, 0.3) is 0 Å². The maximum Gasteiger partial charge on any atom is 0.316 e. The van der Waals surface area contributed by atoms with Crippen molar-refractivity contribution in [2.24, 2.45) is 5.41 Å². The molecule has 2 N–H and O–H groups in total. The third kappa shape index (κ3) is 5.81. The summed E-state index contributed by atoms with van der Waals surface area (Å²) < 4.78 is 0. The van der Waals surface area contributed by atoms with E-state index in [-0.39, 0.29) is 17.5 Å². The smallest absolute Gasteiger partial charge is 0.316 e. The van der Waals surface area contributed by atoms with E-state index in [9.17, 15) is 9.59 Å². The van der Waals surface area contributed by atoms with Crippen molar-refractivity contribution < 1.29 is 9.59 Å². The molecule has 0 spiro atoms. The molecule has 0 saturated carbocycles. The van der Waals surface area contributed by atoms with Crippen molar-refractivity contribution in [3.8, 4) is 0 Å². The fourth-order valence-electron chi connectivity index (χ4n) is 1.65. The standard InChI is InChI=1S/C13H28N4O2/c1-7-13(8-2,9-14-11(18)16(3)4)10-15-12(19)17(5)6/h7-10H2,1-6H3,(H,14,18)(H,15,19). The highest BCUT2D eigenvalue weighted by molar-refractivity contribution is 5.74. The van der Waals surface area contributed by atoms with Crippen molar-refractivity contribution in [1.29, 1.82) is 0 Å². The monoisotopic (exact) mass is 272 g/mol. The molecule has 0 fully saturated rings. The van der Waals surface area contributed by atoms with E-state index >= 15 is 0 Å². The largest absolute Gasteiger partial charge is 0.337 e. The van der Waals surface area contributed by atoms with Gasteiger partial charge in [-0.1, -0.05) is 13.8 Å². The van der Waals surface area contributed by atoms with Crippen LogP contribution >= 0.6 is 0 Å². The van der Waals surface area contributed by atoms with Crippen LogP contribution in [-0.2, 0) is 0 Å². The number of amides is 4. The van der Waals surface area contributed by atoms with Crippen molar-refractivity contribution in [1.82, 2.24) is 20.4 Å². The van der Waals surface area contributed by atoms with Crippen molar-refractivity contribution in [3.63, 3.8) is 0 Å². The highest BCUT2D eigenvalue weighted by atomic mass is 16.2. The van der Waals surface area contributed by atoms with E-state index in [4.69, 9.17) is 0 Å². The molecule has 19 heavy (non-hydrogen) atoms. The maximum atomic E-state index is 11.6. The van der Waals surface area contributed by atoms with Gasteiger partial charge >= 0.3 is 12.1 Å². The minimum atomic E-state index is -0.106. The Morgan fingerprint density at radius 2 is 1.16 bits per heavy atom. The third-order valence-corrected chi connectivity index (χ3v) is 3.54. The second-order valence-electron chi connectivity index (χ2n) is 5.31. The minimum absolute atomic E-state index is 0.0999. The van der Waals surface area contributed by atoms with Gasteiger partial charge in [0.05, 0.1) is 0 Å². The van der Waals surface area contributed by atoms with Gasteiger partial charge in [0.1, 0.15) is 0 Å². The summed E-state index contributed by atoms with van der Waals surface area (Å²) in [5, 5.41) is 5.80. The molecule has 0 aliphatic rings. The van der Waals surface area contributed by atoms with Gasteiger partial charge in [0, 0.05) is 46.7 Å². The predicted octanol–water partition coefficient (Wildman–Crippen LogP) is 1.34. The summed E-state index contributed by atoms with van der Waals surface area (Å²) in [6, 6.07) is -0.213. The number of hydrogen-bond acceptors (Lipinski definition) is 2. The summed E-state index contributed by atoms with van der Waals surface area (Å²) >= 11 is 0. The van der Waals surface area contributed by atoms with Crippen LogP contribution in [-0.4, -0.2) is 63.1 Å². The van der Waals surface area contributed by atoms with E-state index in [0.29, 0.717) is 13.1 Å². The van der Waals surface area contributed by atoms with E-state index in [1.165, 1.54) is 9.80 Å². The molecule has 0 bridgehead atoms. The Kier molecular flexibility index (Phi) is 7.26. The Bertz CT molecular complexity index is 273. The molecule has 0 heterocycles. The fraction of sp³-hybridized carbons (Fsp3) is 0.846. The van der Waals surface area contributed by atoms with E-state index < -0.39 is 0 Å². The Hall–Kier alpha value is -1.46. The van der Waals surface area contributed by atoms with Crippen molar-refractivity contribution >= 4 is 12.1 Å². The first-order chi connectivity index (χ1) is 8.78. The molecule has 112 valence electrons. The van der Waals surface area contributed by atoms with Gasteiger partial charge in [-0.05, 0) is 12.8 Å². The Morgan fingerprint density at radius 1 is 0.842 bits per heavy atom. The van der Waals surface area contributed by atoms with Gasteiger partial charge in [0.25, 0.3) is 0 Å². The summed E-state index contributed by atoms with van der Waals surface area (Å²) in [6.45, 7) is 5.27. The number of urea groups is 2. The first kappa shape index (κ1) is 17.5. The molecular weight excluding hydrogens is 244 g/mol. The van der Waals surface area contributed by atoms with Crippen LogP contribution in [0.15, 0.2) is 0 Å². The zero-order valence-corrected chi connectivity index (χ0v) is 13.0. The van der Waals surface area contributed by atoms with Crippen LogP contribution in [0.4, 0.5) is 9.59 Å². The number of nitrogens with one attached hydrogen (secondary N) is 2. The zero-order valence-electron chi connectivity index (χ0n) is 13.0. The molecular formula is C13H28N4O2. The maximum absolute atomic E-state index is 11.6. The Labute approximate surface area is 116 Å². The van der Waals surface area contributed by atoms with Crippen LogP contribution < -0.4 is 10.6 Å². The molecule has 0 radical (unpaired) electrons. The summed E-state index contributed by atoms with van der Waals surface area (Å²) in [6.07, 6.45) is 1.79. The molecule has 0 saturated heterocycles. The van der Waals surface area contributed by atoms with Crippen molar-refractivity contribution in [3.05, 3.63) is 0 Å². The van der Waals surface area contributed by atoms with Crippen molar-refractivity contribution in [2.75, 3.05) is 41.3 Å². The lowest BCUT2D eigenvalue weighted by atomic mass is 9.82. The molecule has 0 aliphatic heterocycles. The average molecular weight is 272 g/mol. The highest BCUT2D eigenvalue weighted by Crippen LogP contribution is 2.24. The van der Waals surface area contributed by atoms with Crippen LogP contribution in [0.2, 0.25) is 0 Å². The van der Waals surface area contributed by atoms with E-state index in [2.05, 4.69) is 24.5 Å². The molecule has 0 atom stereocenters. The van der Waals surface area contributed by atoms with Gasteiger partial charge in [0.2, 0.25) is 0 Å². The minimum Gasteiger partial charge on any atom is -0.337 e. The quantitative estimate of drug-likeness (QED) is 0.766. The average Bonchev–Trinajstić information content (AvgIpc) is 2.38. The van der Waals surface area contributed by atoms with Gasteiger partial charge in [-0.25, -0.2) is 9.59 Å². The number of carbonyl (C=O) groups is 2. The zero-order chi connectivity index (χ0) is 15.1. The van der Waals surface area contributed by atoms with Gasteiger partial charge in [-0.2, -0.15) is 0 Å².